The average molecular weight is 304 g/mol. The molecule has 1 aromatic carbocycles. The van der Waals surface area contributed by atoms with E-state index in [9.17, 15) is 0 Å². The molecule has 0 saturated heterocycles. The van der Waals surface area contributed by atoms with Gasteiger partial charge in [-0.25, -0.2) is 4.57 Å². The Balaban J connectivity index is 2.78. The lowest BCUT2D eigenvalue weighted by atomic mass is 9.86. The Morgan fingerprint density at radius 2 is 1.91 bits per heavy atom. The van der Waals surface area contributed by atoms with E-state index in [0.29, 0.717) is 16.8 Å². The molecule has 0 aliphatic rings. The smallest absolute Gasteiger partial charge is 0.201 e. The predicted molar refractivity (Wildman–Crippen MR) is 95.1 cm³/mol. The second kappa shape index (κ2) is 6.24. The summed E-state index contributed by atoms with van der Waals surface area (Å²) < 4.78 is 58.5. The van der Waals surface area contributed by atoms with E-state index in [1.807, 2.05) is 6.92 Å². The first-order valence-corrected chi connectivity index (χ1v) is 7.53. The number of rotatable bonds is 3. The van der Waals surface area contributed by atoms with Crippen LogP contribution in [0.5, 0.6) is 0 Å². The van der Waals surface area contributed by atoms with Gasteiger partial charge in [0.1, 0.15) is 7.05 Å². The lowest BCUT2D eigenvalue weighted by molar-refractivity contribution is -0.660. The van der Waals surface area contributed by atoms with Crippen LogP contribution in [0.3, 0.4) is 0 Å². The first-order valence-electron chi connectivity index (χ1n) is 11.0. The number of benzene rings is 1. The Morgan fingerprint density at radius 3 is 2.45 bits per heavy atom. The van der Waals surface area contributed by atoms with Crippen molar-refractivity contribution in [3.05, 3.63) is 52.7 Å². The summed E-state index contributed by atoms with van der Waals surface area (Å²) in [5.74, 6) is 0. The van der Waals surface area contributed by atoms with Gasteiger partial charge in [0.15, 0.2) is 6.20 Å². The minimum Gasteiger partial charge on any atom is -0.201 e. The van der Waals surface area contributed by atoms with Gasteiger partial charge in [-0.1, -0.05) is 45.4 Å². The molecule has 0 aliphatic carbocycles. The highest BCUT2D eigenvalue weighted by Crippen LogP contribution is 2.27. The monoisotopic (exact) mass is 303 g/mol. The van der Waals surface area contributed by atoms with Gasteiger partial charge in [-0.05, 0) is 49.1 Å². The maximum Gasteiger partial charge on any atom is 0.212 e. The molecule has 0 bridgehead atoms. The molecule has 1 nitrogen and oxygen atoms in total. The fraction of sp³-hybridized carbons (Fsp3) is 0.476. The van der Waals surface area contributed by atoms with E-state index >= 15 is 0 Å². The molecule has 0 amide bonds. The van der Waals surface area contributed by atoms with Gasteiger partial charge in [-0.3, -0.25) is 0 Å². The molecule has 1 heteroatoms. The van der Waals surface area contributed by atoms with Crippen LogP contribution in [0, 0.1) is 19.2 Å². The molecule has 22 heavy (non-hydrogen) atoms. The van der Waals surface area contributed by atoms with E-state index in [0.717, 1.165) is 11.1 Å². The molecule has 0 atom stereocenters. The number of aromatic nitrogens is 1. The SMILES string of the molecule is [2H]C([2H])([2H])c1ccc(-c2cc(C([2H])([2H])C)c(C([2H])([2H])C(C)(C)C)c[n+]2C)c(C)c1. The minimum atomic E-state index is -2.19. The average Bonchev–Trinajstić information content (AvgIpc) is 2.51. The van der Waals surface area contributed by atoms with Gasteiger partial charge in [0.05, 0.1) is 0 Å². The van der Waals surface area contributed by atoms with Crippen LogP contribution in [0.1, 0.15) is 59.5 Å². The molecule has 2 aromatic rings. The van der Waals surface area contributed by atoms with E-state index in [-0.39, 0.29) is 5.56 Å². The second-order valence-corrected chi connectivity index (χ2v) is 6.75. The zero-order chi connectivity index (χ0) is 22.6. The van der Waals surface area contributed by atoms with Gasteiger partial charge in [0.25, 0.3) is 0 Å². The molecule has 0 N–H and O–H groups in total. The van der Waals surface area contributed by atoms with E-state index < -0.39 is 25.0 Å². The van der Waals surface area contributed by atoms with Crippen molar-refractivity contribution >= 4 is 0 Å². The van der Waals surface area contributed by atoms with Crippen molar-refractivity contribution < 1.29 is 14.2 Å². The van der Waals surface area contributed by atoms with Crippen molar-refractivity contribution in [2.45, 2.75) is 54.2 Å². The third-order valence-corrected chi connectivity index (χ3v) is 3.56. The van der Waals surface area contributed by atoms with Crippen LogP contribution in [-0.4, -0.2) is 0 Å². The molecule has 0 radical (unpaired) electrons. The molecule has 118 valence electrons. The summed E-state index contributed by atoms with van der Waals surface area (Å²) in [4.78, 5) is 0. The molecular formula is C21H30N+. The highest BCUT2D eigenvalue weighted by Gasteiger charge is 2.20. The van der Waals surface area contributed by atoms with Gasteiger partial charge in [0, 0.05) is 26.8 Å². The van der Waals surface area contributed by atoms with Crippen LogP contribution in [0.2, 0.25) is 0 Å². The predicted octanol–water partition coefficient (Wildman–Crippen LogP) is 4.95. The highest BCUT2D eigenvalue weighted by molar-refractivity contribution is 5.62. The Kier molecular flexibility index (Phi) is 2.69. The third kappa shape index (κ3) is 3.76. The molecule has 0 saturated carbocycles. The molecular weight excluding hydrogens is 266 g/mol. The van der Waals surface area contributed by atoms with E-state index in [1.165, 1.54) is 6.92 Å². The fourth-order valence-electron chi connectivity index (χ4n) is 2.58. The Hall–Kier alpha value is -1.63. The third-order valence-electron chi connectivity index (χ3n) is 3.56. The topological polar surface area (TPSA) is 3.88 Å². The maximum absolute atomic E-state index is 8.67. The standard InChI is InChI=1S/C21H30N/c1-8-17-12-20(19-10-9-15(2)11-16(19)3)22(7)14-18(17)13-21(4,5)6/h9-12,14H,8,13H2,1-7H3/q+1/i2D3,8D2,13D2. The number of hydrogen-bond donors (Lipinski definition) is 0. The van der Waals surface area contributed by atoms with E-state index in [1.54, 1.807) is 62.8 Å². The van der Waals surface area contributed by atoms with Crippen LogP contribution in [0.15, 0.2) is 30.5 Å². The molecule has 1 aromatic heterocycles. The largest absolute Gasteiger partial charge is 0.212 e. The van der Waals surface area contributed by atoms with Crippen LogP contribution in [-0.2, 0) is 19.8 Å². The van der Waals surface area contributed by atoms with Crippen molar-refractivity contribution in [2.24, 2.45) is 12.5 Å². The summed E-state index contributed by atoms with van der Waals surface area (Å²) in [6.07, 6.45) is -1.83. The zero-order valence-electron chi connectivity index (χ0n) is 21.3. The van der Waals surface area contributed by atoms with E-state index in [4.69, 9.17) is 9.60 Å². The summed E-state index contributed by atoms with van der Waals surface area (Å²) >= 11 is 0. The van der Waals surface area contributed by atoms with Gasteiger partial charge in [-0.2, -0.15) is 0 Å². The van der Waals surface area contributed by atoms with Crippen LogP contribution in [0.25, 0.3) is 11.3 Å². The number of aryl methyl sites for hydroxylation is 4. The van der Waals surface area contributed by atoms with Gasteiger partial charge in [-0.15, -0.1) is 0 Å². The van der Waals surface area contributed by atoms with Crippen molar-refractivity contribution in [1.82, 2.24) is 0 Å². The van der Waals surface area contributed by atoms with Crippen molar-refractivity contribution in [3.63, 3.8) is 0 Å². The molecule has 0 fully saturated rings. The Bertz CT molecular complexity index is 916. The molecule has 1 heterocycles. The maximum atomic E-state index is 8.67. The number of hydrogen-bond acceptors (Lipinski definition) is 0. The van der Waals surface area contributed by atoms with Crippen molar-refractivity contribution in [1.29, 1.82) is 0 Å². The van der Waals surface area contributed by atoms with Gasteiger partial charge < -0.3 is 0 Å². The van der Waals surface area contributed by atoms with Crippen LogP contribution in [0.4, 0.5) is 0 Å². The van der Waals surface area contributed by atoms with Gasteiger partial charge in [0.2, 0.25) is 5.69 Å². The van der Waals surface area contributed by atoms with Crippen molar-refractivity contribution in [3.8, 4) is 11.3 Å². The second-order valence-electron chi connectivity index (χ2n) is 6.75. The quantitative estimate of drug-likeness (QED) is 0.707. The number of nitrogens with zero attached hydrogens (tertiary/aromatic N) is 1. The van der Waals surface area contributed by atoms with E-state index in [2.05, 4.69) is 0 Å². The first kappa shape index (κ1) is 9.50. The lowest BCUT2D eigenvalue weighted by Gasteiger charge is -2.19. The minimum absolute atomic E-state index is 0.258. The molecule has 0 aliphatic heterocycles. The normalized spacial score (nSPS) is 18.4. The summed E-state index contributed by atoms with van der Waals surface area (Å²) in [5.41, 5.74) is 2.41. The highest BCUT2D eigenvalue weighted by atomic mass is 14.9. The number of pyridine rings is 1. The summed E-state index contributed by atoms with van der Waals surface area (Å²) in [6, 6.07) is 6.62. The summed E-state index contributed by atoms with van der Waals surface area (Å²) in [7, 11) is 1.80. The Morgan fingerprint density at radius 1 is 1.18 bits per heavy atom. The van der Waals surface area contributed by atoms with Crippen LogP contribution < -0.4 is 4.57 Å². The van der Waals surface area contributed by atoms with Crippen LogP contribution >= 0.6 is 0 Å². The van der Waals surface area contributed by atoms with Gasteiger partial charge >= 0.3 is 0 Å². The Labute approximate surface area is 145 Å². The molecule has 2 rings (SSSR count). The first-order chi connectivity index (χ1) is 12.9. The summed E-state index contributed by atoms with van der Waals surface area (Å²) in [5, 5.41) is 0. The molecule has 0 spiro atoms. The molecule has 0 unspecified atom stereocenters. The zero-order valence-corrected chi connectivity index (χ0v) is 14.3. The van der Waals surface area contributed by atoms with Crippen molar-refractivity contribution in [2.75, 3.05) is 0 Å². The fourth-order valence-corrected chi connectivity index (χ4v) is 2.58. The summed E-state index contributed by atoms with van der Waals surface area (Å²) in [6.45, 7) is 6.46. The lowest BCUT2D eigenvalue weighted by Crippen LogP contribution is -2.33.